The quantitative estimate of drug-likeness (QED) is 0.0213. The molecule has 0 atom stereocenters. The number of nitrogens with zero attached hydrogens (tertiary/aromatic N) is 6. The van der Waals surface area contributed by atoms with Gasteiger partial charge in [-0.25, -0.2) is 9.97 Å². The molecular formula is C46H72N18O4S2. The highest BCUT2D eigenvalue weighted by molar-refractivity contribution is 7.99. The zero-order valence-corrected chi connectivity index (χ0v) is 42.7. The van der Waals surface area contributed by atoms with Gasteiger partial charge in [-0.05, 0) is 84.7 Å². The Balaban J connectivity index is 2.07. The number of hydrogen-bond acceptors (Lipinski definition) is 12. The first-order valence-corrected chi connectivity index (χ1v) is 24.9. The molecule has 382 valence electrons. The van der Waals surface area contributed by atoms with Crippen LogP contribution in [0.1, 0.15) is 125 Å². The van der Waals surface area contributed by atoms with E-state index < -0.39 is 11.8 Å². The van der Waals surface area contributed by atoms with Crippen LogP contribution in [0.25, 0.3) is 0 Å². The molecule has 0 aliphatic heterocycles. The van der Waals surface area contributed by atoms with Crippen molar-refractivity contribution in [2.24, 2.45) is 65.8 Å². The maximum atomic E-state index is 14.3. The molecule has 0 unspecified atom stereocenters. The van der Waals surface area contributed by atoms with Crippen LogP contribution in [-0.2, 0) is 20.4 Å². The maximum absolute atomic E-state index is 14.3. The largest absolute Gasteiger partial charge is 0.370 e. The number of thioether (sulfide) groups is 2. The maximum Gasteiger partial charge on any atom is 0.274 e. The lowest BCUT2D eigenvalue weighted by Gasteiger charge is -2.27. The highest BCUT2D eigenvalue weighted by atomic mass is 32.2. The number of nitrogens with two attached hydrogens (primary N) is 8. The summed E-state index contributed by atoms with van der Waals surface area (Å²) in [6, 6.07) is 8.83. The third-order valence-corrected chi connectivity index (χ3v) is 13.4. The van der Waals surface area contributed by atoms with Crippen LogP contribution < -0.4 is 67.1 Å². The van der Waals surface area contributed by atoms with Gasteiger partial charge in [-0.15, -0.1) is 23.5 Å². The van der Waals surface area contributed by atoms with E-state index in [1.165, 1.54) is 29.6 Å². The molecule has 0 saturated heterocycles. The number of rotatable bonds is 28. The molecule has 22 nitrogen and oxygen atoms in total. The average molecular weight is 1010 g/mol. The third kappa shape index (κ3) is 19.3. The summed E-state index contributed by atoms with van der Waals surface area (Å²) in [5.41, 5.74) is 46.7. The summed E-state index contributed by atoms with van der Waals surface area (Å²) < 4.78 is 0. The van der Waals surface area contributed by atoms with E-state index >= 15 is 0 Å². The Kier molecular flexibility index (Phi) is 23.0. The second kappa shape index (κ2) is 28.0. The highest BCUT2D eigenvalue weighted by Crippen LogP contribution is 2.42. The van der Waals surface area contributed by atoms with Crippen molar-refractivity contribution >= 4 is 93.7 Å². The van der Waals surface area contributed by atoms with Crippen LogP contribution in [0, 0.1) is 0 Å². The van der Waals surface area contributed by atoms with Crippen molar-refractivity contribution in [1.82, 2.24) is 9.97 Å². The van der Waals surface area contributed by atoms with Crippen molar-refractivity contribution in [3.05, 3.63) is 59.2 Å². The van der Waals surface area contributed by atoms with Gasteiger partial charge in [0.1, 0.15) is 17.7 Å². The third-order valence-electron chi connectivity index (χ3n) is 11.2. The summed E-state index contributed by atoms with van der Waals surface area (Å²) >= 11 is 2.68. The first-order valence-electron chi connectivity index (χ1n) is 22.9. The predicted octanol–water partition coefficient (Wildman–Crippen LogP) is 3.85. The van der Waals surface area contributed by atoms with Crippen LogP contribution in [0.2, 0.25) is 0 Å². The minimum absolute atomic E-state index is 0.0144. The van der Waals surface area contributed by atoms with Gasteiger partial charge in [0.15, 0.2) is 23.8 Å². The summed E-state index contributed by atoms with van der Waals surface area (Å²) in [5, 5.41) is 12.1. The highest BCUT2D eigenvalue weighted by Gasteiger charge is 2.27. The second-order valence-corrected chi connectivity index (χ2v) is 19.6. The van der Waals surface area contributed by atoms with Crippen molar-refractivity contribution in [2.45, 2.75) is 114 Å². The molecule has 70 heavy (non-hydrogen) atoms. The summed E-state index contributed by atoms with van der Waals surface area (Å²) in [5.74, 6) is -1.14. The minimum Gasteiger partial charge on any atom is -0.370 e. The first-order chi connectivity index (χ1) is 33.1. The number of carbonyl (C=O) groups excluding carboxylic acids is 4. The molecule has 0 fully saturated rings. The van der Waals surface area contributed by atoms with E-state index in [0.717, 1.165) is 30.3 Å². The first kappa shape index (κ1) is 57.5. The van der Waals surface area contributed by atoms with E-state index in [4.69, 9.17) is 45.9 Å². The van der Waals surface area contributed by atoms with E-state index in [1.54, 1.807) is 0 Å². The van der Waals surface area contributed by atoms with Crippen molar-refractivity contribution < 1.29 is 19.2 Å². The Hall–Kier alpha value is -6.82. The summed E-state index contributed by atoms with van der Waals surface area (Å²) in [7, 11) is 0. The number of aromatic nitrogens is 2. The molecule has 0 spiro atoms. The summed E-state index contributed by atoms with van der Waals surface area (Å²) in [6.45, 7) is 13.6. The number of carbonyl (C=O) groups is 4. The summed E-state index contributed by atoms with van der Waals surface area (Å²) in [4.78, 5) is 81.1. The SMILES string of the molecule is CCC(C)(C)c1cc(NC(=O)CCCCN=C(N)N)c(SCCN=C(N)N)c(NC(=O)c2cc(C(=O)Nc3cc(C(C)(C)CC)cc(NC(=O)CCCCN=C(N)N)c3SCCN=C(N)N)ncn2)c1. The van der Waals surface area contributed by atoms with E-state index in [9.17, 15) is 19.2 Å². The van der Waals surface area contributed by atoms with E-state index in [-0.39, 0.29) is 83.8 Å². The fourth-order valence-corrected chi connectivity index (χ4v) is 8.22. The Bertz CT molecular complexity index is 2250. The van der Waals surface area contributed by atoms with Crippen LogP contribution >= 0.6 is 23.5 Å². The Morgan fingerprint density at radius 1 is 0.500 bits per heavy atom. The molecule has 24 heteroatoms. The monoisotopic (exact) mass is 1000 g/mol. The molecule has 0 radical (unpaired) electrons. The molecule has 0 bridgehead atoms. The standard InChI is InChI=1S/C46H72N18O4S2/c1-7-45(3,4)27-21-29(61-35(65)13-9-11-15-55-41(47)48)37(69-19-17-57-43(51)52)31(23-27)63-39(67)33-25-34(60-26-59-33)40(68)64-32-24-28(46(5,6)8-2)22-30(38(32)70-20-18-58-44(53)54)62-36(66)14-10-12-16-56-42(49)50/h21-26H,7-20H2,1-6H3,(H,61,65)(H,62,66)(H,63,67)(H,64,68)(H4,47,48,55)(H4,49,50,56)(H4,51,52,57)(H4,53,54,58). The molecule has 2 aromatic carbocycles. The zero-order chi connectivity index (χ0) is 52.0. The number of nitrogens with one attached hydrogen (secondary N) is 4. The lowest BCUT2D eigenvalue weighted by molar-refractivity contribution is -0.117. The van der Waals surface area contributed by atoms with Gasteiger partial charge in [0.25, 0.3) is 11.8 Å². The lowest BCUT2D eigenvalue weighted by Crippen LogP contribution is -2.23. The van der Waals surface area contributed by atoms with Gasteiger partial charge < -0.3 is 67.1 Å². The lowest BCUT2D eigenvalue weighted by atomic mass is 9.82. The van der Waals surface area contributed by atoms with Gasteiger partial charge >= 0.3 is 0 Å². The van der Waals surface area contributed by atoms with Crippen LogP contribution in [0.3, 0.4) is 0 Å². The Morgan fingerprint density at radius 3 is 1.16 bits per heavy atom. The number of unbranched alkanes of at least 4 members (excludes halogenated alkanes) is 2. The van der Waals surface area contributed by atoms with Crippen LogP contribution in [0.15, 0.2) is 66.4 Å². The van der Waals surface area contributed by atoms with Crippen LogP contribution in [0.5, 0.6) is 0 Å². The summed E-state index contributed by atoms with van der Waals surface area (Å²) in [6.07, 6.45) is 5.28. The predicted molar refractivity (Wildman–Crippen MR) is 287 cm³/mol. The zero-order valence-electron chi connectivity index (χ0n) is 41.1. The van der Waals surface area contributed by atoms with Crippen molar-refractivity contribution in [2.75, 3.05) is 59.0 Å². The van der Waals surface area contributed by atoms with Crippen molar-refractivity contribution in [3.63, 3.8) is 0 Å². The van der Waals surface area contributed by atoms with Gasteiger partial charge in [0.05, 0.1) is 45.6 Å². The number of benzene rings is 2. The van der Waals surface area contributed by atoms with Crippen LogP contribution in [-0.4, -0.2) is 95.1 Å². The topological polar surface area (TPSA) is 400 Å². The molecule has 0 aliphatic carbocycles. The fourth-order valence-electron chi connectivity index (χ4n) is 6.39. The number of aliphatic imine (C=N–C) groups is 4. The number of amides is 4. The van der Waals surface area contributed by atoms with Crippen molar-refractivity contribution in [1.29, 1.82) is 0 Å². The van der Waals surface area contributed by atoms with Gasteiger partial charge in [-0.3, -0.25) is 39.1 Å². The Morgan fingerprint density at radius 2 is 0.829 bits per heavy atom. The van der Waals surface area contributed by atoms with Gasteiger partial charge in [-0.1, -0.05) is 41.5 Å². The molecule has 4 amide bonds. The van der Waals surface area contributed by atoms with E-state index in [1.807, 2.05) is 38.1 Å². The number of anilines is 4. The molecular weight excluding hydrogens is 933 g/mol. The van der Waals surface area contributed by atoms with E-state index in [0.29, 0.717) is 82.8 Å². The molecule has 0 saturated carbocycles. The molecule has 3 aromatic rings. The minimum atomic E-state index is -0.642. The van der Waals surface area contributed by atoms with Gasteiger partial charge in [-0.2, -0.15) is 0 Å². The number of guanidine groups is 4. The smallest absolute Gasteiger partial charge is 0.274 e. The average Bonchev–Trinajstić information content (AvgIpc) is 3.29. The van der Waals surface area contributed by atoms with E-state index in [2.05, 4.69) is 78.9 Å². The second-order valence-electron chi connectivity index (χ2n) is 17.4. The van der Waals surface area contributed by atoms with Gasteiger partial charge in [0, 0.05) is 43.5 Å². The Labute approximate surface area is 418 Å². The molecule has 20 N–H and O–H groups in total. The number of hydrogen-bond donors (Lipinski definition) is 12. The van der Waals surface area contributed by atoms with Crippen molar-refractivity contribution in [3.8, 4) is 0 Å². The molecule has 1 heterocycles. The molecule has 1 aromatic heterocycles. The molecule has 3 rings (SSSR count). The normalized spacial score (nSPS) is 11.2. The molecule has 0 aliphatic rings. The van der Waals surface area contributed by atoms with Gasteiger partial charge in [0.2, 0.25) is 11.8 Å². The van der Waals surface area contributed by atoms with Crippen LogP contribution in [0.4, 0.5) is 22.7 Å². The fraction of sp³-hybridized carbons (Fsp3) is 0.478.